The summed E-state index contributed by atoms with van der Waals surface area (Å²) in [7, 11) is 0. The van der Waals surface area contributed by atoms with E-state index < -0.39 is 5.97 Å². The first-order valence-electron chi connectivity index (χ1n) is 10.1. The average Bonchev–Trinajstić information content (AvgIpc) is 2.81. The molecule has 6 nitrogen and oxygen atoms in total. The first kappa shape index (κ1) is 20.3. The second kappa shape index (κ2) is 9.26. The Hall–Kier alpha value is -3.93. The standard InChI is InChI=1S/C25H22N2O4/c28-23(26-15-14-18-8-2-1-3-9-18)17-31-24(29)16-27-21-12-6-4-10-19(21)25(30)20-11-5-7-13-22(20)27/h1-13H,14-17H2,(H,26,28). The molecule has 0 aliphatic rings. The summed E-state index contributed by atoms with van der Waals surface area (Å²) in [6, 6.07) is 24.1. The first-order chi connectivity index (χ1) is 15.1. The normalized spacial score (nSPS) is 10.8. The number of hydrogen-bond donors (Lipinski definition) is 1. The van der Waals surface area contributed by atoms with E-state index in [-0.39, 0.29) is 24.5 Å². The van der Waals surface area contributed by atoms with Crippen LogP contribution in [0.25, 0.3) is 21.8 Å². The van der Waals surface area contributed by atoms with Gasteiger partial charge in [-0.25, -0.2) is 0 Å². The van der Waals surface area contributed by atoms with E-state index in [0.717, 1.165) is 5.56 Å². The highest BCUT2D eigenvalue weighted by atomic mass is 16.5. The minimum Gasteiger partial charge on any atom is -0.454 e. The van der Waals surface area contributed by atoms with Gasteiger partial charge in [0.15, 0.2) is 12.0 Å². The molecule has 1 amide bonds. The number of amides is 1. The van der Waals surface area contributed by atoms with Crippen LogP contribution in [0.3, 0.4) is 0 Å². The zero-order valence-corrected chi connectivity index (χ0v) is 16.9. The largest absolute Gasteiger partial charge is 0.454 e. The van der Waals surface area contributed by atoms with E-state index >= 15 is 0 Å². The van der Waals surface area contributed by atoms with Crippen LogP contribution in [0.15, 0.2) is 83.7 Å². The third-order valence-corrected chi connectivity index (χ3v) is 5.11. The lowest BCUT2D eigenvalue weighted by Crippen LogP contribution is -2.31. The number of fused-ring (bicyclic) bond motifs is 2. The molecule has 4 rings (SSSR count). The predicted octanol–water partition coefficient (Wildman–Crippen LogP) is 3.06. The van der Waals surface area contributed by atoms with Crippen LogP contribution in [0.2, 0.25) is 0 Å². The quantitative estimate of drug-likeness (QED) is 0.372. The summed E-state index contributed by atoms with van der Waals surface area (Å²) in [5, 5.41) is 3.82. The predicted molar refractivity (Wildman–Crippen MR) is 120 cm³/mol. The van der Waals surface area contributed by atoms with Crippen LogP contribution in [0.5, 0.6) is 0 Å². The van der Waals surface area contributed by atoms with Gasteiger partial charge in [-0.1, -0.05) is 54.6 Å². The van der Waals surface area contributed by atoms with Crippen molar-refractivity contribution < 1.29 is 14.3 Å². The van der Waals surface area contributed by atoms with Crippen LogP contribution >= 0.6 is 0 Å². The SMILES string of the molecule is O=C(COC(=O)Cn1c2ccccc2c(=O)c2ccccc21)NCCc1ccccc1. The molecule has 156 valence electrons. The van der Waals surface area contributed by atoms with E-state index in [0.29, 0.717) is 34.8 Å². The molecule has 3 aromatic carbocycles. The number of carbonyl (C=O) groups excluding carboxylic acids is 2. The maximum absolute atomic E-state index is 12.8. The lowest BCUT2D eigenvalue weighted by molar-refractivity contribution is -0.149. The van der Waals surface area contributed by atoms with Gasteiger partial charge in [-0.2, -0.15) is 0 Å². The molecule has 0 saturated carbocycles. The van der Waals surface area contributed by atoms with Gasteiger partial charge in [0.25, 0.3) is 5.91 Å². The number of hydrogen-bond acceptors (Lipinski definition) is 4. The number of benzene rings is 3. The van der Waals surface area contributed by atoms with Crippen molar-refractivity contribution >= 4 is 33.7 Å². The van der Waals surface area contributed by atoms with Crippen LogP contribution in [-0.2, 0) is 27.3 Å². The Morgan fingerprint density at radius 1 is 0.806 bits per heavy atom. The van der Waals surface area contributed by atoms with E-state index in [2.05, 4.69) is 5.32 Å². The third kappa shape index (κ3) is 4.64. The highest BCUT2D eigenvalue weighted by Crippen LogP contribution is 2.19. The molecule has 0 atom stereocenters. The van der Waals surface area contributed by atoms with Crippen molar-refractivity contribution in [2.75, 3.05) is 13.2 Å². The van der Waals surface area contributed by atoms with Crippen LogP contribution in [0.4, 0.5) is 0 Å². The Labute approximate surface area is 179 Å². The van der Waals surface area contributed by atoms with Gasteiger partial charge in [0.1, 0.15) is 6.54 Å². The molecule has 0 saturated heterocycles. The number of para-hydroxylation sites is 2. The van der Waals surface area contributed by atoms with Crippen LogP contribution in [-0.4, -0.2) is 29.6 Å². The van der Waals surface area contributed by atoms with Crippen molar-refractivity contribution in [3.63, 3.8) is 0 Å². The topological polar surface area (TPSA) is 77.4 Å². The highest BCUT2D eigenvalue weighted by Gasteiger charge is 2.14. The Balaban J connectivity index is 1.42. The van der Waals surface area contributed by atoms with E-state index in [9.17, 15) is 14.4 Å². The van der Waals surface area contributed by atoms with Gasteiger partial charge < -0.3 is 14.6 Å². The smallest absolute Gasteiger partial charge is 0.326 e. The molecule has 0 aliphatic carbocycles. The Morgan fingerprint density at radius 3 is 2.03 bits per heavy atom. The minimum atomic E-state index is -0.544. The number of aromatic nitrogens is 1. The fraction of sp³-hybridized carbons (Fsp3) is 0.160. The summed E-state index contributed by atoms with van der Waals surface area (Å²) in [4.78, 5) is 37.3. The van der Waals surface area contributed by atoms with Gasteiger partial charge in [0, 0.05) is 17.3 Å². The molecule has 0 aliphatic heterocycles. The van der Waals surface area contributed by atoms with E-state index in [1.165, 1.54) is 0 Å². The number of nitrogens with one attached hydrogen (secondary N) is 1. The molecule has 0 radical (unpaired) electrons. The zero-order chi connectivity index (χ0) is 21.6. The number of pyridine rings is 1. The van der Waals surface area contributed by atoms with Gasteiger partial charge in [-0.05, 0) is 36.2 Å². The van der Waals surface area contributed by atoms with Crippen LogP contribution in [0.1, 0.15) is 5.56 Å². The lowest BCUT2D eigenvalue weighted by Gasteiger charge is -2.14. The molecule has 1 aromatic heterocycles. The summed E-state index contributed by atoms with van der Waals surface area (Å²) < 4.78 is 6.94. The van der Waals surface area contributed by atoms with Crippen molar-refractivity contribution in [2.45, 2.75) is 13.0 Å². The van der Waals surface area contributed by atoms with Gasteiger partial charge >= 0.3 is 5.97 Å². The van der Waals surface area contributed by atoms with Crippen molar-refractivity contribution in [2.24, 2.45) is 0 Å². The fourth-order valence-corrected chi connectivity index (χ4v) is 3.61. The highest BCUT2D eigenvalue weighted by molar-refractivity contribution is 5.94. The van der Waals surface area contributed by atoms with E-state index in [4.69, 9.17) is 4.74 Å². The summed E-state index contributed by atoms with van der Waals surface area (Å²) >= 11 is 0. The number of rotatable bonds is 7. The van der Waals surface area contributed by atoms with E-state index in [1.807, 2.05) is 42.5 Å². The molecule has 0 spiro atoms. The second-order valence-corrected chi connectivity index (χ2v) is 7.20. The molecular weight excluding hydrogens is 392 g/mol. The molecule has 4 aromatic rings. The molecule has 1 N–H and O–H groups in total. The maximum Gasteiger partial charge on any atom is 0.326 e. The number of esters is 1. The van der Waals surface area contributed by atoms with Gasteiger partial charge in [0.05, 0.1) is 11.0 Å². The number of ether oxygens (including phenoxy) is 1. The van der Waals surface area contributed by atoms with Crippen LogP contribution < -0.4 is 10.7 Å². The van der Waals surface area contributed by atoms with Gasteiger partial charge in [0.2, 0.25) is 0 Å². The van der Waals surface area contributed by atoms with Crippen molar-refractivity contribution in [3.05, 3.63) is 94.6 Å². The molecule has 0 fully saturated rings. The summed E-state index contributed by atoms with van der Waals surface area (Å²) in [6.45, 7) is 0.0255. The minimum absolute atomic E-state index is 0.0754. The summed E-state index contributed by atoms with van der Waals surface area (Å²) in [6.07, 6.45) is 0.704. The number of carbonyl (C=O) groups is 2. The zero-order valence-electron chi connectivity index (χ0n) is 16.9. The van der Waals surface area contributed by atoms with E-state index in [1.54, 1.807) is 41.0 Å². The monoisotopic (exact) mass is 414 g/mol. The second-order valence-electron chi connectivity index (χ2n) is 7.20. The Morgan fingerprint density at radius 2 is 1.39 bits per heavy atom. The molecule has 31 heavy (non-hydrogen) atoms. The maximum atomic E-state index is 12.8. The Kier molecular flexibility index (Phi) is 6.08. The lowest BCUT2D eigenvalue weighted by atomic mass is 10.1. The molecule has 0 bridgehead atoms. The molecule has 0 unspecified atom stereocenters. The number of nitrogens with zero attached hydrogens (tertiary/aromatic N) is 1. The van der Waals surface area contributed by atoms with Crippen molar-refractivity contribution in [1.29, 1.82) is 0 Å². The average molecular weight is 414 g/mol. The van der Waals surface area contributed by atoms with Gasteiger partial charge in [-0.15, -0.1) is 0 Å². The molecule has 1 heterocycles. The van der Waals surface area contributed by atoms with Gasteiger partial charge in [-0.3, -0.25) is 14.4 Å². The summed E-state index contributed by atoms with van der Waals surface area (Å²) in [5.41, 5.74) is 2.34. The third-order valence-electron chi connectivity index (χ3n) is 5.11. The summed E-state index contributed by atoms with van der Waals surface area (Å²) in [5.74, 6) is -0.893. The first-order valence-corrected chi connectivity index (χ1v) is 10.1. The Bertz CT molecular complexity index is 1240. The van der Waals surface area contributed by atoms with Crippen molar-refractivity contribution in [1.82, 2.24) is 9.88 Å². The van der Waals surface area contributed by atoms with Crippen LogP contribution in [0, 0.1) is 0 Å². The van der Waals surface area contributed by atoms with Crippen molar-refractivity contribution in [3.8, 4) is 0 Å². The fourth-order valence-electron chi connectivity index (χ4n) is 3.61. The molecular formula is C25H22N2O4. The molecule has 6 heteroatoms.